The number of unbranched alkanes of at least 4 members (excludes halogenated alkanes) is 1. The molecule has 0 heterocycles. The van der Waals surface area contributed by atoms with Crippen LogP contribution in [-0.4, -0.2) is 35.1 Å². The third-order valence-electron chi connectivity index (χ3n) is 3.91. The van der Waals surface area contributed by atoms with Crippen molar-refractivity contribution in [3.8, 4) is 0 Å². The van der Waals surface area contributed by atoms with Gasteiger partial charge in [0.2, 0.25) is 0 Å². The van der Waals surface area contributed by atoms with E-state index >= 15 is 0 Å². The van der Waals surface area contributed by atoms with Crippen LogP contribution in [0.25, 0.3) is 0 Å². The number of ether oxygens (including phenoxy) is 1. The summed E-state index contributed by atoms with van der Waals surface area (Å²) in [6.45, 7) is 11.4. The molecule has 0 amide bonds. The summed E-state index contributed by atoms with van der Waals surface area (Å²) in [5.74, 6) is 0.114. The van der Waals surface area contributed by atoms with E-state index in [-0.39, 0.29) is 5.97 Å². The van der Waals surface area contributed by atoms with E-state index in [0.29, 0.717) is 24.7 Å². The van der Waals surface area contributed by atoms with Gasteiger partial charge < -0.3 is 13.6 Å². The minimum absolute atomic E-state index is 0.315. The van der Waals surface area contributed by atoms with Gasteiger partial charge in [-0.15, -0.1) is 0 Å². The first-order valence-electron chi connectivity index (χ1n) is 9.15. The normalized spacial score (nSPS) is 13.2. The van der Waals surface area contributed by atoms with Crippen molar-refractivity contribution in [2.24, 2.45) is 5.92 Å². The third kappa shape index (κ3) is 9.58. The molecule has 0 aliphatic heterocycles. The van der Waals surface area contributed by atoms with Gasteiger partial charge in [-0.3, -0.25) is 0 Å². The first-order valence-corrected chi connectivity index (χ1v) is 10.7. The molecule has 0 saturated carbocycles. The molecule has 5 heteroatoms. The molecule has 0 aliphatic carbocycles. The Kier molecular flexibility index (Phi) is 11.1. The molecule has 0 radical (unpaired) electrons. The summed E-state index contributed by atoms with van der Waals surface area (Å²) in [5.41, 5.74) is 0.442. The molecule has 0 aliphatic rings. The SMILES string of the molecule is C=C(C)C(=O)OCCC(C)CCO[SiH](OCCCC)c1ccccc1. The molecule has 2 atom stereocenters. The van der Waals surface area contributed by atoms with Crippen molar-refractivity contribution in [2.45, 2.75) is 46.5 Å². The molecule has 1 aromatic carbocycles. The lowest BCUT2D eigenvalue weighted by atomic mass is 10.1. The van der Waals surface area contributed by atoms with Crippen molar-refractivity contribution in [2.75, 3.05) is 19.8 Å². The van der Waals surface area contributed by atoms with Crippen LogP contribution in [-0.2, 0) is 18.4 Å². The van der Waals surface area contributed by atoms with E-state index < -0.39 is 9.28 Å². The molecule has 0 saturated heterocycles. The first kappa shape index (κ1) is 21.6. The van der Waals surface area contributed by atoms with E-state index in [4.69, 9.17) is 13.6 Å². The van der Waals surface area contributed by atoms with Crippen LogP contribution < -0.4 is 5.19 Å². The maximum Gasteiger partial charge on any atom is 0.355 e. The molecule has 0 fully saturated rings. The van der Waals surface area contributed by atoms with Gasteiger partial charge in [-0.05, 0) is 37.3 Å². The van der Waals surface area contributed by atoms with Crippen LogP contribution in [0.15, 0.2) is 42.5 Å². The lowest BCUT2D eigenvalue weighted by Crippen LogP contribution is -2.37. The van der Waals surface area contributed by atoms with Crippen LogP contribution >= 0.6 is 0 Å². The number of benzene rings is 1. The van der Waals surface area contributed by atoms with Gasteiger partial charge >= 0.3 is 15.3 Å². The van der Waals surface area contributed by atoms with Crippen molar-refractivity contribution in [1.82, 2.24) is 0 Å². The van der Waals surface area contributed by atoms with E-state index in [0.717, 1.165) is 32.3 Å². The fourth-order valence-corrected chi connectivity index (χ4v) is 3.93. The average molecular weight is 365 g/mol. The van der Waals surface area contributed by atoms with Crippen LogP contribution in [0.3, 0.4) is 0 Å². The Balaban J connectivity index is 2.33. The average Bonchev–Trinajstić information content (AvgIpc) is 2.61. The monoisotopic (exact) mass is 364 g/mol. The molecule has 2 unspecified atom stereocenters. The van der Waals surface area contributed by atoms with Crippen LogP contribution in [0.1, 0.15) is 46.5 Å². The topological polar surface area (TPSA) is 44.8 Å². The van der Waals surface area contributed by atoms with Gasteiger partial charge in [0, 0.05) is 18.8 Å². The van der Waals surface area contributed by atoms with Gasteiger partial charge in [0.15, 0.2) is 0 Å². The Morgan fingerprint density at radius 3 is 2.40 bits per heavy atom. The Hall–Kier alpha value is -1.43. The smallest absolute Gasteiger partial charge is 0.355 e. The molecule has 25 heavy (non-hydrogen) atoms. The summed E-state index contributed by atoms with van der Waals surface area (Å²) in [5, 5.41) is 1.18. The standard InChI is InChI=1S/C20H32O4Si/c1-5-6-14-23-25(19-10-8-7-9-11-19)24-16-13-18(4)12-15-22-20(21)17(2)3/h7-11,18,25H,2,5-6,12-16H2,1,3-4H3. The predicted octanol–water partition coefficient (Wildman–Crippen LogP) is 3.48. The van der Waals surface area contributed by atoms with Gasteiger partial charge in [-0.1, -0.05) is 57.2 Å². The van der Waals surface area contributed by atoms with Gasteiger partial charge in [0.1, 0.15) is 0 Å². The quantitative estimate of drug-likeness (QED) is 0.233. The highest BCUT2D eigenvalue weighted by atomic mass is 28.3. The summed E-state index contributed by atoms with van der Waals surface area (Å²) >= 11 is 0. The zero-order valence-electron chi connectivity index (χ0n) is 15.8. The van der Waals surface area contributed by atoms with Crippen molar-refractivity contribution in [3.05, 3.63) is 42.5 Å². The summed E-state index contributed by atoms with van der Waals surface area (Å²) in [6, 6.07) is 10.2. The van der Waals surface area contributed by atoms with Crippen molar-refractivity contribution in [1.29, 1.82) is 0 Å². The van der Waals surface area contributed by atoms with E-state index in [1.54, 1.807) is 6.92 Å². The number of carbonyl (C=O) groups is 1. The van der Waals surface area contributed by atoms with Crippen molar-refractivity contribution < 1.29 is 18.4 Å². The highest BCUT2D eigenvalue weighted by Crippen LogP contribution is 2.09. The molecular formula is C20H32O4Si. The number of carbonyl (C=O) groups excluding carboxylic acids is 1. The maximum atomic E-state index is 11.4. The molecule has 0 N–H and O–H groups in total. The summed E-state index contributed by atoms with van der Waals surface area (Å²) in [7, 11) is -1.84. The molecular weight excluding hydrogens is 332 g/mol. The van der Waals surface area contributed by atoms with E-state index in [1.807, 2.05) is 18.2 Å². The van der Waals surface area contributed by atoms with E-state index in [9.17, 15) is 4.79 Å². The van der Waals surface area contributed by atoms with Gasteiger partial charge in [0.05, 0.1) is 6.61 Å². The zero-order chi connectivity index (χ0) is 18.5. The van der Waals surface area contributed by atoms with Crippen molar-refractivity contribution in [3.63, 3.8) is 0 Å². The second-order valence-corrected chi connectivity index (χ2v) is 8.43. The summed E-state index contributed by atoms with van der Waals surface area (Å²) in [4.78, 5) is 11.4. The van der Waals surface area contributed by atoms with E-state index in [2.05, 4.69) is 32.6 Å². The highest BCUT2D eigenvalue weighted by molar-refractivity contribution is 6.61. The van der Waals surface area contributed by atoms with Gasteiger partial charge in [-0.2, -0.15) is 0 Å². The molecule has 140 valence electrons. The minimum atomic E-state index is -1.84. The van der Waals surface area contributed by atoms with E-state index in [1.165, 1.54) is 5.19 Å². The summed E-state index contributed by atoms with van der Waals surface area (Å²) < 4.78 is 17.3. The molecule has 0 spiro atoms. The third-order valence-corrected chi connectivity index (χ3v) is 5.92. The van der Waals surface area contributed by atoms with Crippen LogP contribution in [0, 0.1) is 5.92 Å². The van der Waals surface area contributed by atoms with Gasteiger partial charge in [0.25, 0.3) is 0 Å². The minimum Gasteiger partial charge on any atom is -0.462 e. The van der Waals surface area contributed by atoms with Crippen molar-refractivity contribution >= 4 is 20.4 Å². The second-order valence-electron chi connectivity index (χ2n) is 6.44. The Bertz CT molecular complexity index is 504. The van der Waals surface area contributed by atoms with Crippen LogP contribution in [0.5, 0.6) is 0 Å². The number of hydrogen-bond acceptors (Lipinski definition) is 4. The zero-order valence-corrected chi connectivity index (χ0v) is 17.0. The first-order chi connectivity index (χ1) is 12.0. The van der Waals surface area contributed by atoms with Gasteiger partial charge in [-0.25, -0.2) is 4.79 Å². The number of rotatable bonds is 13. The molecule has 0 bridgehead atoms. The Morgan fingerprint density at radius 1 is 1.12 bits per heavy atom. The molecule has 0 aromatic heterocycles. The summed E-state index contributed by atoms with van der Waals surface area (Å²) in [6.07, 6.45) is 3.94. The second kappa shape index (κ2) is 12.9. The maximum absolute atomic E-state index is 11.4. The highest BCUT2D eigenvalue weighted by Gasteiger charge is 2.16. The lowest BCUT2D eigenvalue weighted by molar-refractivity contribution is -0.139. The molecule has 4 nitrogen and oxygen atoms in total. The van der Waals surface area contributed by atoms with Crippen LogP contribution in [0.4, 0.5) is 0 Å². The Labute approximate surface area is 154 Å². The Morgan fingerprint density at radius 2 is 1.76 bits per heavy atom. The fourth-order valence-electron chi connectivity index (χ4n) is 2.18. The molecule has 1 aromatic rings. The predicted molar refractivity (Wildman–Crippen MR) is 104 cm³/mol. The van der Waals surface area contributed by atoms with Crippen LogP contribution in [0.2, 0.25) is 0 Å². The molecule has 1 rings (SSSR count). The fraction of sp³-hybridized carbons (Fsp3) is 0.550. The number of esters is 1. The number of hydrogen-bond donors (Lipinski definition) is 0. The lowest BCUT2D eigenvalue weighted by Gasteiger charge is -2.18. The largest absolute Gasteiger partial charge is 0.462 e.